The van der Waals surface area contributed by atoms with Crippen LogP contribution in [0, 0.1) is 11.7 Å². The van der Waals surface area contributed by atoms with Crippen LogP contribution in [0.25, 0.3) is 11.2 Å². The molecule has 1 atom stereocenters. The first-order valence-corrected chi connectivity index (χ1v) is 13.3. The van der Waals surface area contributed by atoms with Crippen molar-refractivity contribution in [2.75, 3.05) is 44.2 Å². The third-order valence-corrected chi connectivity index (χ3v) is 8.15. The van der Waals surface area contributed by atoms with Crippen molar-refractivity contribution in [1.29, 1.82) is 0 Å². The summed E-state index contributed by atoms with van der Waals surface area (Å²) in [6, 6.07) is 4.39. The number of amides is 2. The molecule has 39 heavy (non-hydrogen) atoms. The molecule has 3 aromatic rings. The molecule has 0 spiro atoms. The number of carbonyl (C=O) groups is 2. The van der Waals surface area contributed by atoms with Gasteiger partial charge in [0.2, 0.25) is 17.8 Å². The van der Waals surface area contributed by atoms with E-state index in [1.165, 1.54) is 37.7 Å². The first kappa shape index (κ1) is 26.9. The molecule has 0 N–H and O–H groups in total. The van der Waals surface area contributed by atoms with Gasteiger partial charge in [-0.3, -0.25) is 28.1 Å². The molecule has 2 aromatic heterocycles. The van der Waals surface area contributed by atoms with Crippen molar-refractivity contribution >= 4 is 40.5 Å². The van der Waals surface area contributed by atoms with Crippen LogP contribution >= 0.6 is 11.6 Å². The van der Waals surface area contributed by atoms with Crippen LogP contribution < -0.4 is 16.1 Å². The highest BCUT2D eigenvalue weighted by molar-refractivity contribution is 6.31. The quantitative estimate of drug-likeness (QED) is 0.475. The summed E-state index contributed by atoms with van der Waals surface area (Å²) in [7, 11) is 2.92. The summed E-state index contributed by atoms with van der Waals surface area (Å²) in [6.07, 6.45) is 1.41. The number of imidazole rings is 1. The zero-order valence-corrected chi connectivity index (χ0v) is 22.9. The van der Waals surface area contributed by atoms with Crippen molar-refractivity contribution in [3.05, 3.63) is 55.4 Å². The molecule has 2 aliphatic rings. The number of benzene rings is 1. The van der Waals surface area contributed by atoms with Gasteiger partial charge in [0, 0.05) is 70.9 Å². The van der Waals surface area contributed by atoms with Crippen molar-refractivity contribution in [3.63, 3.8) is 0 Å². The lowest BCUT2D eigenvalue weighted by Gasteiger charge is -2.39. The number of carbonyl (C=O) groups excluding carboxylic acids is 2. The van der Waals surface area contributed by atoms with Gasteiger partial charge in [-0.05, 0) is 25.0 Å². The second-order valence-electron chi connectivity index (χ2n) is 10.2. The highest BCUT2D eigenvalue weighted by Crippen LogP contribution is 2.29. The molecule has 0 saturated carbocycles. The molecule has 0 aliphatic carbocycles. The standard InChI is InChI=1S/C26H31ClFN7O4/c1-16(36)32-10-12-33(13-11-32)23(37)17-6-5-9-34(14-17)25-29-22-21(24(38)31(3)26(39)30(22)2)35(25)15-18-19(27)7-4-8-20(18)28/h4,7-8,17H,5-6,9-15H2,1-3H3. The van der Waals surface area contributed by atoms with Crippen LogP contribution in [0.15, 0.2) is 27.8 Å². The number of aryl methyl sites for hydroxylation is 1. The summed E-state index contributed by atoms with van der Waals surface area (Å²) in [5.74, 6) is -0.430. The molecule has 5 rings (SSSR count). The minimum absolute atomic E-state index is 0.000316. The van der Waals surface area contributed by atoms with Crippen molar-refractivity contribution in [3.8, 4) is 0 Å². The predicted molar refractivity (Wildman–Crippen MR) is 144 cm³/mol. The van der Waals surface area contributed by atoms with Gasteiger partial charge in [-0.2, -0.15) is 4.98 Å². The molecular formula is C26H31ClFN7O4. The van der Waals surface area contributed by atoms with Crippen LogP contribution in [0.5, 0.6) is 0 Å². The van der Waals surface area contributed by atoms with Gasteiger partial charge in [0.15, 0.2) is 11.2 Å². The van der Waals surface area contributed by atoms with Crippen molar-refractivity contribution in [1.82, 2.24) is 28.5 Å². The number of hydrogen-bond acceptors (Lipinski definition) is 6. The molecular weight excluding hydrogens is 529 g/mol. The Morgan fingerprint density at radius 3 is 2.41 bits per heavy atom. The Kier molecular flexibility index (Phi) is 7.23. The summed E-state index contributed by atoms with van der Waals surface area (Å²) in [5.41, 5.74) is -0.540. The Balaban J connectivity index is 1.52. The highest BCUT2D eigenvalue weighted by Gasteiger charge is 2.34. The lowest BCUT2D eigenvalue weighted by molar-refractivity contribution is -0.141. The molecule has 0 bridgehead atoms. The van der Waals surface area contributed by atoms with Crippen molar-refractivity contribution in [2.45, 2.75) is 26.3 Å². The van der Waals surface area contributed by atoms with Crippen LogP contribution in [-0.2, 0) is 30.2 Å². The van der Waals surface area contributed by atoms with Gasteiger partial charge in [0.1, 0.15) is 5.82 Å². The van der Waals surface area contributed by atoms with Gasteiger partial charge < -0.3 is 14.7 Å². The fourth-order valence-electron chi connectivity index (χ4n) is 5.53. The van der Waals surface area contributed by atoms with E-state index in [4.69, 9.17) is 16.6 Å². The van der Waals surface area contributed by atoms with Gasteiger partial charge in [-0.15, -0.1) is 0 Å². The van der Waals surface area contributed by atoms with Crippen molar-refractivity contribution < 1.29 is 14.0 Å². The number of halogens is 2. The topological polar surface area (TPSA) is 106 Å². The van der Waals surface area contributed by atoms with E-state index in [1.807, 2.05) is 4.90 Å². The average Bonchev–Trinajstić information content (AvgIpc) is 3.32. The van der Waals surface area contributed by atoms with E-state index in [2.05, 4.69) is 0 Å². The number of hydrogen-bond donors (Lipinski definition) is 0. The largest absolute Gasteiger partial charge is 0.341 e. The Labute approximate surface area is 229 Å². The Morgan fingerprint density at radius 2 is 1.74 bits per heavy atom. The summed E-state index contributed by atoms with van der Waals surface area (Å²) >= 11 is 6.34. The maximum absolute atomic E-state index is 14.8. The van der Waals surface area contributed by atoms with E-state index in [0.29, 0.717) is 58.1 Å². The molecule has 2 aliphatic heterocycles. The van der Waals surface area contributed by atoms with E-state index in [1.54, 1.807) is 20.4 Å². The van der Waals surface area contributed by atoms with Crippen LogP contribution in [-0.4, -0.2) is 79.6 Å². The van der Waals surface area contributed by atoms with Gasteiger partial charge in [-0.1, -0.05) is 17.7 Å². The number of rotatable bonds is 4. The smallest absolute Gasteiger partial charge is 0.332 e. The van der Waals surface area contributed by atoms with E-state index in [9.17, 15) is 23.6 Å². The average molecular weight is 560 g/mol. The third-order valence-electron chi connectivity index (χ3n) is 7.80. The van der Waals surface area contributed by atoms with Gasteiger partial charge >= 0.3 is 5.69 Å². The normalized spacial score (nSPS) is 18.2. The maximum atomic E-state index is 14.8. The summed E-state index contributed by atoms with van der Waals surface area (Å²) in [5, 5.41) is 0.209. The summed E-state index contributed by atoms with van der Waals surface area (Å²) < 4.78 is 18.7. The molecule has 0 radical (unpaired) electrons. The third kappa shape index (κ3) is 4.81. The Morgan fingerprint density at radius 1 is 1.05 bits per heavy atom. The van der Waals surface area contributed by atoms with Crippen LogP contribution in [0.4, 0.5) is 10.3 Å². The molecule has 208 valence electrons. The van der Waals surface area contributed by atoms with Crippen LogP contribution in [0.3, 0.4) is 0 Å². The fraction of sp³-hybridized carbons (Fsp3) is 0.500. The van der Waals surface area contributed by atoms with E-state index < -0.39 is 17.1 Å². The summed E-state index contributed by atoms with van der Waals surface area (Å²) in [6.45, 7) is 4.36. The van der Waals surface area contributed by atoms with E-state index in [0.717, 1.165) is 4.57 Å². The SMILES string of the molecule is CC(=O)N1CCN(C(=O)C2CCCN(c3nc4c(c(=O)n(C)c(=O)n4C)n3Cc3c(F)cccc3Cl)C2)CC1. The minimum atomic E-state index is -0.549. The lowest BCUT2D eigenvalue weighted by atomic mass is 9.96. The molecule has 1 unspecified atom stereocenters. The zero-order valence-electron chi connectivity index (χ0n) is 22.2. The van der Waals surface area contributed by atoms with Crippen LogP contribution in [0.2, 0.25) is 5.02 Å². The molecule has 2 saturated heterocycles. The lowest BCUT2D eigenvalue weighted by Crippen LogP contribution is -2.53. The number of piperidine rings is 1. The van der Waals surface area contributed by atoms with Gasteiger partial charge in [0.05, 0.1) is 12.5 Å². The van der Waals surface area contributed by atoms with Gasteiger partial charge in [-0.25, -0.2) is 9.18 Å². The number of aromatic nitrogens is 4. The first-order chi connectivity index (χ1) is 18.6. The minimum Gasteiger partial charge on any atom is -0.341 e. The monoisotopic (exact) mass is 559 g/mol. The fourth-order valence-corrected chi connectivity index (χ4v) is 5.75. The second-order valence-corrected chi connectivity index (χ2v) is 10.6. The van der Waals surface area contributed by atoms with Gasteiger partial charge in [0.25, 0.3) is 5.56 Å². The van der Waals surface area contributed by atoms with Crippen LogP contribution in [0.1, 0.15) is 25.3 Å². The van der Waals surface area contributed by atoms with E-state index >= 15 is 0 Å². The predicted octanol–water partition coefficient (Wildman–Crippen LogP) is 1.18. The number of anilines is 1. The number of fused-ring (bicyclic) bond motifs is 1. The maximum Gasteiger partial charge on any atom is 0.332 e. The molecule has 1 aromatic carbocycles. The Hall–Kier alpha value is -3.67. The second kappa shape index (κ2) is 10.5. The molecule has 4 heterocycles. The summed E-state index contributed by atoms with van der Waals surface area (Å²) in [4.78, 5) is 61.2. The number of nitrogens with zero attached hydrogens (tertiary/aromatic N) is 7. The molecule has 13 heteroatoms. The van der Waals surface area contributed by atoms with E-state index in [-0.39, 0.29) is 46.0 Å². The zero-order chi connectivity index (χ0) is 28.0. The first-order valence-electron chi connectivity index (χ1n) is 13.0. The highest BCUT2D eigenvalue weighted by atomic mass is 35.5. The molecule has 2 fully saturated rings. The Bertz CT molecular complexity index is 1550. The van der Waals surface area contributed by atoms with Crippen molar-refractivity contribution in [2.24, 2.45) is 20.0 Å². The molecule has 11 nitrogen and oxygen atoms in total. The molecule has 2 amide bonds. The number of piperazine rings is 1.